The Morgan fingerprint density at radius 2 is 1.86 bits per heavy atom. The van der Waals surface area contributed by atoms with Gasteiger partial charge in [0, 0.05) is 6.04 Å². The molecule has 4 aliphatic carbocycles. The van der Waals surface area contributed by atoms with E-state index in [1.165, 1.54) is 0 Å². The number of para-hydroxylation sites is 1. The van der Waals surface area contributed by atoms with Crippen molar-refractivity contribution in [3.8, 4) is 5.69 Å². The van der Waals surface area contributed by atoms with Gasteiger partial charge in [-0.25, -0.2) is 4.68 Å². The lowest BCUT2D eigenvalue weighted by atomic mass is 9.52. The van der Waals surface area contributed by atoms with Crippen LogP contribution in [0.3, 0.4) is 0 Å². The zero-order chi connectivity index (χ0) is 19.5. The van der Waals surface area contributed by atoms with Gasteiger partial charge in [0.05, 0.1) is 28.7 Å². The number of hydrogen-bond acceptors (Lipinski definition) is 3. The fourth-order valence-electron chi connectivity index (χ4n) is 6.31. The van der Waals surface area contributed by atoms with E-state index in [4.69, 9.17) is 0 Å². The van der Waals surface area contributed by atoms with Crippen molar-refractivity contribution in [3.63, 3.8) is 0 Å². The molecule has 2 atom stereocenters. The van der Waals surface area contributed by atoms with Gasteiger partial charge in [-0.2, -0.15) is 5.10 Å². The van der Waals surface area contributed by atoms with Crippen molar-refractivity contribution in [1.82, 2.24) is 15.1 Å². The van der Waals surface area contributed by atoms with E-state index in [0.29, 0.717) is 23.3 Å². The first kappa shape index (κ1) is 17.9. The summed E-state index contributed by atoms with van der Waals surface area (Å²) in [6.45, 7) is 4.21. The minimum atomic E-state index is -0.473. The number of hydrogen-bond donors (Lipinski definition) is 2. The van der Waals surface area contributed by atoms with Crippen LogP contribution in [0, 0.1) is 17.8 Å². The SMILES string of the molecule is CC(C)c1c(C(=O)NC2C3CC4CC2CC(O)(C4)C3)cnn1-c1ccccc1. The Bertz CT molecular complexity index is 873. The molecule has 0 spiro atoms. The summed E-state index contributed by atoms with van der Waals surface area (Å²) in [6, 6.07) is 10.2. The van der Waals surface area contributed by atoms with Crippen molar-refractivity contribution in [2.24, 2.45) is 17.8 Å². The van der Waals surface area contributed by atoms with Crippen molar-refractivity contribution in [3.05, 3.63) is 47.8 Å². The molecule has 0 radical (unpaired) electrons. The minimum absolute atomic E-state index is 0.0182. The highest BCUT2D eigenvalue weighted by Gasteiger charge is 2.55. The first-order valence-corrected chi connectivity index (χ1v) is 10.6. The maximum absolute atomic E-state index is 13.3. The van der Waals surface area contributed by atoms with Crippen LogP contribution in [0.5, 0.6) is 0 Å². The van der Waals surface area contributed by atoms with Crippen LogP contribution >= 0.6 is 0 Å². The molecule has 6 rings (SSSR count). The van der Waals surface area contributed by atoms with Gasteiger partial charge in [-0.1, -0.05) is 32.0 Å². The van der Waals surface area contributed by atoms with Gasteiger partial charge in [-0.3, -0.25) is 4.79 Å². The number of nitrogens with one attached hydrogen (secondary N) is 1. The van der Waals surface area contributed by atoms with Crippen LogP contribution in [0.4, 0.5) is 0 Å². The van der Waals surface area contributed by atoms with E-state index < -0.39 is 5.60 Å². The van der Waals surface area contributed by atoms with Crippen LogP contribution in [0.2, 0.25) is 0 Å². The van der Waals surface area contributed by atoms with Gasteiger partial charge in [-0.15, -0.1) is 0 Å². The molecule has 0 saturated heterocycles. The van der Waals surface area contributed by atoms with E-state index in [-0.39, 0.29) is 17.9 Å². The maximum atomic E-state index is 13.3. The molecule has 148 valence electrons. The molecule has 1 aromatic carbocycles. The summed E-state index contributed by atoms with van der Waals surface area (Å²) >= 11 is 0. The molecule has 5 nitrogen and oxygen atoms in total. The zero-order valence-electron chi connectivity index (χ0n) is 16.6. The third-order valence-corrected chi connectivity index (χ3v) is 7.14. The predicted molar refractivity (Wildman–Crippen MR) is 107 cm³/mol. The number of carbonyl (C=O) groups is 1. The molecule has 2 N–H and O–H groups in total. The molecule has 28 heavy (non-hydrogen) atoms. The molecule has 2 unspecified atom stereocenters. The summed E-state index contributed by atoms with van der Waals surface area (Å²) in [6.07, 6.45) is 6.63. The average molecular weight is 380 g/mol. The van der Waals surface area contributed by atoms with E-state index in [1.807, 2.05) is 35.0 Å². The third kappa shape index (κ3) is 2.87. The first-order chi connectivity index (χ1) is 13.4. The Labute approximate surface area is 166 Å². The van der Waals surface area contributed by atoms with Crippen molar-refractivity contribution in [2.75, 3.05) is 0 Å². The Hall–Kier alpha value is -2.14. The monoisotopic (exact) mass is 379 g/mol. The van der Waals surface area contributed by atoms with Crippen molar-refractivity contribution < 1.29 is 9.90 Å². The second kappa shape index (κ2) is 6.45. The number of aliphatic hydroxyl groups is 1. The maximum Gasteiger partial charge on any atom is 0.255 e. The van der Waals surface area contributed by atoms with E-state index in [9.17, 15) is 9.90 Å². The molecule has 1 amide bonds. The Kier molecular flexibility index (Phi) is 4.13. The fraction of sp³-hybridized carbons (Fsp3) is 0.565. The molecule has 2 aromatic rings. The number of amides is 1. The predicted octanol–water partition coefficient (Wildman–Crippen LogP) is 3.67. The number of rotatable bonds is 4. The molecule has 4 aliphatic rings. The minimum Gasteiger partial charge on any atom is -0.390 e. The molecule has 0 aliphatic heterocycles. The number of carbonyl (C=O) groups excluding carboxylic acids is 1. The second-order valence-electron chi connectivity index (χ2n) is 9.54. The highest BCUT2D eigenvalue weighted by molar-refractivity contribution is 5.95. The largest absolute Gasteiger partial charge is 0.390 e. The molecular weight excluding hydrogens is 350 g/mol. The van der Waals surface area contributed by atoms with Crippen LogP contribution in [0.25, 0.3) is 5.69 Å². The summed E-state index contributed by atoms with van der Waals surface area (Å²) in [5.74, 6) is 1.62. The van der Waals surface area contributed by atoms with Gasteiger partial charge in [0.2, 0.25) is 0 Å². The second-order valence-corrected chi connectivity index (χ2v) is 9.54. The summed E-state index contributed by atoms with van der Waals surface area (Å²) in [5, 5.41) is 18.7. The Balaban J connectivity index is 1.41. The highest BCUT2D eigenvalue weighted by Crippen LogP contribution is 2.55. The van der Waals surface area contributed by atoms with Crippen LogP contribution in [-0.4, -0.2) is 32.4 Å². The molecule has 5 heteroatoms. The van der Waals surface area contributed by atoms with Gasteiger partial charge in [0.25, 0.3) is 5.91 Å². The van der Waals surface area contributed by atoms with Crippen LogP contribution in [0.15, 0.2) is 36.5 Å². The molecule has 4 fully saturated rings. The summed E-state index contributed by atoms with van der Waals surface area (Å²) in [5.41, 5.74) is 2.12. The van der Waals surface area contributed by atoms with Gasteiger partial charge in [0.1, 0.15) is 0 Å². The average Bonchev–Trinajstić information content (AvgIpc) is 3.09. The topological polar surface area (TPSA) is 67.2 Å². The number of benzene rings is 1. The van der Waals surface area contributed by atoms with Crippen molar-refractivity contribution in [1.29, 1.82) is 0 Å². The molecule has 4 bridgehead atoms. The summed E-state index contributed by atoms with van der Waals surface area (Å²) < 4.78 is 1.89. The van der Waals surface area contributed by atoms with Crippen molar-refractivity contribution >= 4 is 5.91 Å². The number of aromatic nitrogens is 2. The Morgan fingerprint density at radius 3 is 2.46 bits per heavy atom. The smallest absolute Gasteiger partial charge is 0.255 e. The normalized spacial score (nSPS) is 33.4. The van der Waals surface area contributed by atoms with Crippen LogP contribution in [0.1, 0.15) is 67.9 Å². The summed E-state index contributed by atoms with van der Waals surface area (Å²) in [7, 11) is 0. The van der Waals surface area contributed by atoms with Crippen molar-refractivity contribution in [2.45, 2.75) is 63.5 Å². The van der Waals surface area contributed by atoms with Gasteiger partial charge in [-0.05, 0) is 67.9 Å². The molecule has 1 heterocycles. The Morgan fingerprint density at radius 1 is 1.18 bits per heavy atom. The number of nitrogens with zero attached hydrogens (tertiary/aromatic N) is 2. The molecule has 1 aromatic heterocycles. The van der Waals surface area contributed by atoms with E-state index in [0.717, 1.165) is 43.5 Å². The van der Waals surface area contributed by atoms with E-state index >= 15 is 0 Å². The first-order valence-electron chi connectivity index (χ1n) is 10.6. The van der Waals surface area contributed by atoms with E-state index in [2.05, 4.69) is 24.3 Å². The summed E-state index contributed by atoms with van der Waals surface area (Å²) in [4.78, 5) is 13.3. The standard InChI is InChI=1S/C23H29N3O2/c1-14(2)21-19(13-24-26(21)18-6-4-3-5-7-18)22(27)25-20-16-8-15-9-17(20)12-23(28,10-15)11-16/h3-7,13-17,20,28H,8-12H2,1-2H3,(H,25,27). The molecule has 4 saturated carbocycles. The third-order valence-electron chi connectivity index (χ3n) is 7.14. The lowest BCUT2D eigenvalue weighted by Gasteiger charge is -2.58. The zero-order valence-corrected chi connectivity index (χ0v) is 16.6. The van der Waals surface area contributed by atoms with E-state index in [1.54, 1.807) is 6.20 Å². The van der Waals surface area contributed by atoms with Gasteiger partial charge in [0.15, 0.2) is 0 Å². The van der Waals surface area contributed by atoms with Crippen LogP contribution < -0.4 is 5.32 Å². The lowest BCUT2D eigenvalue weighted by molar-refractivity contribution is -0.136. The fourth-order valence-corrected chi connectivity index (χ4v) is 6.31. The molecular formula is C23H29N3O2. The highest BCUT2D eigenvalue weighted by atomic mass is 16.3. The van der Waals surface area contributed by atoms with Gasteiger partial charge >= 0.3 is 0 Å². The quantitative estimate of drug-likeness (QED) is 0.852. The van der Waals surface area contributed by atoms with Gasteiger partial charge < -0.3 is 10.4 Å². The lowest BCUT2D eigenvalue weighted by Crippen LogP contribution is -2.61. The van der Waals surface area contributed by atoms with Crippen LogP contribution in [-0.2, 0) is 0 Å².